The number of piperazine rings is 1. The van der Waals surface area contributed by atoms with Crippen LogP contribution in [0.4, 0.5) is 0 Å². The molecule has 0 amide bonds. The van der Waals surface area contributed by atoms with Gasteiger partial charge in [-0.15, -0.1) is 0 Å². The molecule has 140 valence electrons. The molecule has 2 aromatic rings. The van der Waals surface area contributed by atoms with Crippen LogP contribution in [0.15, 0.2) is 53.4 Å². The second kappa shape index (κ2) is 8.25. The summed E-state index contributed by atoms with van der Waals surface area (Å²) < 4.78 is 27.0. The minimum atomic E-state index is -3.59. The maximum Gasteiger partial charge on any atom is 0.243 e. The molecule has 0 spiro atoms. The van der Waals surface area contributed by atoms with Crippen LogP contribution in [0.2, 0.25) is 10.0 Å². The van der Waals surface area contributed by atoms with E-state index in [0.717, 1.165) is 5.56 Å². The molecule has 0 bridgehead atoms. The quantitative estimate of drug-likeness (QED) is 0.779. The molecule has 1 aliphatic heterocycles. The van der Waals surface area contributed by atoms with Gasteiger partial charge in [0.05, 0.1) is 41.1 Å². The Kier molecular flexibility index (Phi) is 6.22. The van der Waals surface area contributed by atoms with E-state index in [1.165, 1.54) is 27.4 Å². The predicted molar refractivity (Wildman–Crippen MR) is 102 cm³/mol. The number of benzene rings is 2. The zero-order valence-electron chi connectivity index (χ0n) is 14.1. The maximum absolute atomic E-state index is 12.8. The number of quaternary nitrogens is 1. The van der Waals surface area contributed by atoms with Gasteiger partial charge in [-0.25, -0.2) is 8.42 Å². The Morgan fingerprint density at radius 2 is 1.69 bits per heavy atom. The van der Waals surface area contributed by atoms with Crippen LogP contribution in [0.25, 0.3) is 0 Å². The van der Waals surface area contributed by atoms with Crippen molar-refractivity contribution in [3.63, 3.8) is 0 Å². The van der Waals surface area contributed by atoms with Gasteiger partial charge >= 0.3 is 0 Å². The van der Waals surface area contributed by atoms with Crippen molar-refractivity contribution in [2.45, 2.75) is 11.0 Å². The number of rotatable bonds is 5. The van der Waals surface area contributed by atoms with Gasteiger partial charge in [-0.05, 0) is 23.8 Å². The Hall–Kier alpha value is -1.15. The van der Waals surface area contributed by atoms with Crippen molar-refractivity contribution in [1.82, 2.24) is 4.31 Å². The fourth-order valence-electron chi connectivity index (χ4n) is 3.10. The number of nitrogens with one attached hydrogen (secondary N) is 1. The van der Waals surface area contributed by atoms with Crippen LogP contribution in [-0.4, -0.2) is 50.6 Å². The fourth-order valence-corrected chi connectivity index (χ4v) is 4.93. The summed E-state index contributed by atoms with van der Waals surface area (Å²) >= 11 is 11.8. The molecule has 0 unspecified atom stereocenters. The molecular formula is C18H21Cl2N2O3S+. The maximum atomic E-state index is 12.8. The zero-order valence-corrected chi connectivity index (χ0v) is 16.4. The van der Waals surface area contributed by atoms with Gasteiger partial charge in [0.25, 0.3) is 0 Å². The Labute approximate surface area is 163 Å². The normalized spacial score (nSPS) is 18.0. The molecule has 0 aliphatic carbocycles. The highest BCUT2D eigenvalue weighted by Crippen LogP contribution is 2.26. The smallest absolute Gasteiger partial charge is 0.243 e. The highest BCUT2D eigenvalue weighted by molar-refractivity contribution is 7.89. The van der Waals surface area contributed by atoms with Gasteiger partial charge in [-0.1, -0.05) is 53.5 Å². The first-order chi connectivity index (χ1) is 12.4. The number of hydrogen-bond acceptors (Lipinski definition) is 3. The SMILES string of the molecule is O=S(=O)(c1ccc(Cl)c(Cl)c1)N1CC[NH+](C[C@H](O)c2ccccc2)CC1. The van der Waals surface area contributed by atoms with Crippen LogP contribution < -0.4 is 4.90 Å². The van der Waals surface area contributed by atoms with E-state index in [4.69, 9.17) is 23.2 Å². The molecule has 0 aromatic heterocycles. The zero-order chi connectivity index (χ0) is 18.7. The monoisotopic (exact) mass is 415 g/mol. The lowest BCUT2D eigenvalue weighted by atomic mass is 10.1. The lowest BCUT2D eigenvalue weighted by molar-refractivity contribution is -0.907. The first-order valence-electron chi connectivity index (χ1n) is 8.39. The summed E-state index contributed by atoms with van der Waals surface area (Å²) in [6.45, 7) is 2.65. The van der Waals surface area contributed by atoms with Crippen molar-refractivity contribution in [2.75, 3.05) is 32.7 Å². The van der Waals surface area contributed by atoms with Crippen molar-refractivity contribution in [3.05, 3.63) is 64.1 Å². The van der Waals surface area contributed by atoms with Crippen molar-refractivity contribution >= 4 is 33.2 Å². The minimum absolute atomic E-state index is 0.152. The van der Waals surface area contributed by atoms with Crippen LogP contribution in [0.1, 0.15) is 11.7 Å². The van der Waals surface area contributed by atoms with E-state index in [-0.39, 0.29) is 9.92 Å². The summed E-state index contributed by atoms with van der Waals surface area (Å²) in [5, 5.41) is 10.9. The third-order valence-corrected chi connectivity index (χ3v) is 7.26. The molecule has 5 nitrogen and oxygen atoms in total. The fraction of sp³-hybridized carbons (Fsp3) is 0.333. The van der Waals surface area contributed by atoms with E-state index in [1.54, 1.807) is 0 Å². The van der Waals surface area contributed by atoms with E-state index < -0.39 is 16.1 Å². The lowest BCUT2D eigenvalue weighted by Gasteiger charge is -2.32. The summed E-state index contributed by atoms with van der Waals surface area (Å²) in [6, 6.07) is 13.9. The molecule has 2 aromatic carbocycles. The number of sulfonamides is 1. The van der Waals surface area contributed by atoms with E-state index in [0.29, 0.717) is 37.7 Å². The molecule has 1 heterocycles. The topological polar surface area (TPSA) is 62.0 Å². The number of halogens is 2. The van der Waals surface area contributed by atoms with Gasteiger partial charge in [0, 0.05) is 0 Å². The molecule has 0 saturated carbocycles. The summed E-state index contributed by atoms with van der Waals surface area (Å²) in [6.07, 6.45) is -0.551. The van der Waals surface area contributed by atoms with Crippen LogP contribution >= 0.6 is 23.2 Å². The third-order valence-electron chi connectivity index (χ3n) is 4.62. The number of aliphatic hydroxyl groups excluding tert-OH is 1. The van der Waals surface area contributed by atoms with E-state index in [1.807, 2.05) is 30.3 Å². The molecule has 1 aliphatic rings. The van der Waals surface area contributed by atoms with Crippen LogP contribution in [0, 0.1) is 0 Å². The van der Waals surface area contributed by atoms with Crippen molar-refractivity contribution in [1.29, 1.82) is 0 Å². The summed E-state index contributed by atoms with van der Waals surface area (Å²) in [5.41, 5.74) is 0.880. The van der Waals surface area contributed by atoms with Gasteiger partial charge < -0.3 is 10.0 Å². The molecule has 1 fully saturated rings. The molecule has 1 atom stereocenters. The van der Waals surface area contributed by atoms with Gasteiger partial charge in [0.15, 0.2) is 0 Å². The highest BCUT2D eigenvalue weighted by Gasteiger charge is 2.31. The number of nitrogens with zero attached hydrogens (tertiary/aromatic N) is 1. The molecule has 3 rings (SSSR count). The van der Waals surface area contributed by atoms with Crippen LogP contribution in [0.3, 0.4) is 0 Å². The second-order valence-electron chi connectivity index (χ2n) is 6.36. The van der Waals surface area contributed by atoms with Gasteiger partial charge in [0.1, 0.15) is 12.6 Å². The highest BCUT2D eigenvalue weighted by atomic mass is 35.5. The first-order valence-corrected chi connectivity index (χ1v) is 10.6. The van der Waals surface area contributed by atoms with Crippen molar-refractivity contribution < 1.29 is 18.4 Å². The second-order valence-corrected chi connectivity index (χ2v) is 9.11. The minimum Gasteiger partial charge on any atom is -0.382 e. The number of aliphatic hydroxyl groups is 1. The van der Waals surface area contributed by atoms with E-state index in [9.17, 15) is 13.5 Å². The lowest BCUT2D eigenvalue weighted by Crippen LogP contribution is -3.15. The van der Waals surface area contributed by atoms with Gasteiger partial charge in [-0.2, -0.15) is 4.31 Å². The Bertz CT molecular complexity index is 854. The predicted octanol–water partition coefficient (Wildman–Crippen LogP) is 1.62. The largest absolute Gasteiger partial charge is 0.382 e. The first kappa shape index (κ1) is 19.6. The van der Waals surface area contributed by atoms with Crippen LogP contribution in [0.5, 0.6) is 0 Å². The molecule has 2 N–H and O–H groups in total. The van der Waals surface area contributed by atoms with Gasteiger partial charge in [-0.3, -0.25) is 0 Å². The molecule has 26 heavy (non-hydrogen) atoms. The Balaban J connectivity index is 1.61. The Morgan fingerprint density at radius 3 is 2.31 bits per heavy atom. The number of hydrogen-bond donors (Lipinski definition) is 2. The molecule has 8 heteroatoms. The summed E-state index contributed by atoms with van der Waals surface area (Å²) in [5.74, 6) is 0. The van der Waals surface area contributed by atoms with Crippen molar-refractivity contribution in [2.24, 2.45) is 0 Å². The van der Waals surface area contributed by atoms with Crippen molar-refractivity contribution in [3.8, 4) is 0 Å². The Morgan fingerprint density at radius 1 is 1.04 bits per heavy atom. The van der Waals surface area contributed by atoms with Crippen LogP contribution in [-0.2, 0) is 10.0 Å². The van der Waals surface area contributed by atoms with Gasteiger partial charge in [0.2, 0.25) is 10.0 Å². The summed E-state index contributed by atoms with van der Waals surface area (Å²) in [7, 11) is -3.59. The molecule has 1 saturated heterocycles. The van der Waals surface area contributed by atoms with E-state index >= 15 is 0 Å². The third kappa shape index (κ3) is 4.39. The molecule has 0 radical (unpaired) electrons. The standard InChI is InChI=1S/C18H20Cl2N2O3S/c19-16-7-6-15(12-17(16)20)26(24,25)22-10-8-21(9-11-22)13-18(23)14-4-2-1-3-5-14/h1-7,12,18,23H,8-11,13H2/p+1/t18-/m0/s1. The summed E-state index contributed by atoms with van der Waals surface area (Å²) in [4.78, 5) is 1.33. The molecular weight excluding hydrogens is 395 g/mol. The van der Waals surface area contributed by atoms with E-state index in [2.05, 4.69) is 0 Å². The average molecular weight is 416 g/mol. The average Bonchev–Trinajstić information content (AvgIpc) is 2.65.